The van der Waals surface area contributed by atoms with Crippen LogP contribution in [0.5, 0.6) is 0 Å². The van der Waals surface area contributed by atoms with Gasteiger partial charge in [0.1, 0.15) is 6.61 Å². The summed E-state index contributed by atoms with van der Waals surface area (Å²) in [6.07, 6.45) is 3.61. The number of benzene rings is 3. The van der Waals surface area contributed by atoms with Crippen LogP contribution in [0.15, 0.2) is 78.9 Å². The van der Waals surface area contributed by atoms with E-state index in [1.54, 1.807) is 11.9 Å². The van der Waals surface area contributed by atoms with Crippen LogP contribution in [0, 0.1) is 0 Å². The predicted molar refractivity (Wildman–Crippen MR) is 144 cm³/mol. The van der Waals surface area contributed by atoms with Gasteiger partial charge in [0.2, 0.25) is 5.91 Å². The lowest BCUT2D eigenvalue weighted by atomic mass is 10.1. The van der Waals surface area contributed by atoms with Gasteiger partial charge < -0.3 is 19.7 Å². The SMILES string of the molecule is COC(=O)/C=C/C(=O)N(C)CCCCNCc1ccc(COC(=O)Nc2cccc3ccccc23)cc1. The number of unbranched alkanes of at least 4 members (excludes halogenated alkanes) is 1. The lowest BCUT2D eigenvalue weighted by molar-refractivity contribution is -0.135. The number of esters is 1. The van der Waals surface area contributed by atoms with E-state index in [2.05, 4.69) is 15.4 Å². The largest absolute Gasteiger partial charge is 0.466 e. The number of carbonyl (C=O) groups excluding carboxylic acids is 3. The summed E-state index contributed by atoms with van der Waals surface area (Å²) in [6, 6.07) is 21.5. The second-order valence-electron chi connectivity index (χ2n) is 8.54. The third-order valence-corrected chi connectivity index (χ3v) is 5.78. The summed E-state index contributed by atoms with van der Waals surface area (Å²) in [4.78, 5) is 36.8. The van der Waals surface area contributed by atoms with E-state index in [1.165, 1.54) is 13.2 Å². The van der Waals surface area contributed by atoms with Crippen molar-refractivity contribution in [2.24, 2.45) is 0 Å². The fraction of sp³-hybridized carbons (Fsp3) is 0.276. The molecule has 0 unspecified atom stereocenters. The average molecular weight is 504 g/mol. The molecule has 0 heterocycles. The Balaban J connectivity index is 1.31. The summed E-state index contributed by atoms with van der Waals surface area (Å²) in [5, 5.41) is 8.23. The van der Waals surface area contributed by atoms with Crippen LogP contribution < -0.4 is 10.6 Å². The Hall–Kier alpha value is -4.17. The molecule has 0 aliphatic rings. The Morgan fingerprint density at radius 2 is 1.62 bits per heavy atom. The van der Waals surface area contributed by atoms with Gasteiger partial charge in [0, 0.05) is 37.7 Å². The molecular formula is C29H33N3O5. The molecular weight excluding hydrogens is 470 g/mol. The molecule has 37 heavy (non-hydrogen) atoms. The molecule has 0 saturated carbocycles. The van der Waals surface area contributed by atoms with Gasteiger partial charge in [-0.2, -0.15) is 0 Å². The van der Waals surface area contributed by atoms with Crippen LogP contribution in [0.2, 0.25) is 0 Å². The van der Waals surface area contributed by atoms with E-state index in [9.17, 15) is 14.4 Å². The first kappa shape index (κ1) is 27.4. The third-order valence-electron chi connectivity index (χ3n) is 5.78. The first-order valence-corrected chi connectivity index (χ1v) is 12.2. The van der Waals surface area contributed by atoms with Gasteiger partial charge in [-0.1, -0.05) is 60.7 Å². The molecule has 8 nitrogen and oxygen atoms in total. The molecule has 3 aromatic carbocycles. The van der Waals surface area contributed by atoms with Crippen LogP contribution in [-0.4, -0.2) is 50.1 Å². The molecule has 0 atom stereocenters. The van der Waals surface area contributed by atoms with Crippen LogP contribution in [0.1, 0.15) is 24.0 Å². The molecule has 0 saturated heterocycles. The molecule has 194 valence electrons. The zero-order chi connectivity index (χ0) is 26.5. The molecule has 0 spiro atoms. The Bertz CT molecular complexity index is 1220. The minimum absolute atomic E-state index is 0.186. The van der Waals surface area contributed by atoms with Crippen molar-refractivity contribution < 1.29 is 23.9 Å². The average Bonchev–Trinajstić information content (AvgIpc) is 2.92. The fourth-order valence-electron chi connectivity index (χ4n) is 3.66. The number of hydrogen-bond acceptors (Lipinski definition) is 6. The number of nitrogens with one attached hydrogen (secondary N) is 2. The molecule has 0 radical (unpaired) electrons. The van der Waals surface area contributed by atoms with Crippen molar-refractivity contribution in [2.45, 2.75) is 26.0 Å². The Morgan fingerprint density at radius 3 is 2.41 bits per heavy atom. The first-order chi connectivity index (χ1) is 18.0. The van der Waals surface area contributed by atoms with Crippen molar-refractivity contribution in [3.05, 3.63) is 90.0 Å². The summed E-state index contributed by atoms with van der Waals surface area (Å²) in [5.74, 6) is -0.776. The number of carbonyl (C=O) groups is 3. The highest BCUT2D eigenvalue weighted by molar-refractivity contribution is 6.00. The second-order valence-corrected chi connectivity index (χ2v) is 8.54. The van der Waals surface area contributed by atoms with Crippen molar-refractivity contribution in [3.8, 4) is 0 Å². The molecule has 8 heteroatoms. The smallest absolute Gasteiger partial charge is 0.411 e. The van der Waals surface area contributed by atoms with Gasteiger partial charge in [-0.15, -0.1) is 0 Å². The molecule has 0 aliphatic heterocycles. The van der Waals surface area contributed by atoms with Gasteiger partial charge in [-0.25, -0.2) is 9.59 Å². The summed E-state index contributed by atoms with van der Waals surface area (Å²) < 4.78 is 9.87. The van der Waals surface area contributed by atoms with Gasteiger partial charge >= 0.3 is 12.1 Å². The minimum atomic E-state index is -0.547. The van der Waals surface area contributed by atoms with Gasteiger partial charge in [-0.05, 0) is 42.0 Å². The highest BCUT2D eigenvalue weighted by Crippen LogP contribution is 2.23. The van der Waals surface area contributed by atoms with Crippen molar-refractivity contribution in [1.82, 2.24) is 10.2 Å². The predicted octanol–water partition coefficient (Wildman–Crippen LogP) is 4.65. The van der Waals surface area contributed by atoms with E-state index >= 15 is 0 Å². The highest BCUT2D eigenvalue weighted by atomic mass is 16.5. The molecule has 2 amide bonds. The minimum Gasteiger partial charge on any atom is -0.466 e. The van der Waals surface area contributed by atoms with Crippen LogP contribution in [0.4, 0.5) is 10.5 Å². The zero-order valence-corrected chi connectivity index (χ0v) is 21.2. The number of anilines is 1. The van der Waals surface area contributed by atoms with Crippen molar-refractivity contribution in [3.63, 3.8) is 0 Å². The zero-order valence-electron chi connectivity index (χ0n) is 21.2. The second kappa shape index (κ2) is 14.4. The van der Waals surface area contributed by atoms with E-state index in [1.807, 2.05) is 66.7 Å². The van der Waals surface area contributed by atoms with Crippen molar-refractivity contribution in [1.29, 1.82) is 0 Å². The van der Waals surface area contributed by atoms with Crippen molar-refractivity contribution >= 4 is 34.4 Å². The quantitative estimate of drug-likeness (QED) is 0.212. The summed E-state index contributed by atoms with van der Waals surface area (Å²) in [7, 11) is 2.97. The number of likely N-dealkylation sites (N-methyl/N-ethyl adjacent to an activating group) is 1. The number of ether oxygens (including phenoxy) is 2. The van der Waals surface area contributed by atoms with E-state index in [0.29, 0.717) is 6.54 Å². The monoisotopic (exact) mass is 503 g/mol. The maximum absolute atomic E-state index is 12.3. The number of hydrogen-bond donors (Lipinski definition) is 2. The number of rotatable bonds is 12. The Kier molecular flexibility index (Phi) is 10.7. The summed E-state index contributed by atoms with van der Waals surface area (Å²) in [5.41, 5.74) is 2.76. The molecule has 3 aromatic rings. The molecule has 0 fully saturated rings. The molecule has 2 N–H and O–H groups in total. The summed E-state index contributed by atoms with van der Waals surface area (Å²) in [6.45, 7) is 2.33. The lowest BCUT2D eigenvalue weighted by Gasteiger charge is -2.15. The van der Waals surface area contributed by atoms with Gasteiger partial charge in [0.05, 0.1) is 12.8 Å². The molecule has 3 rings (SSSR count). The standard InChI is InChI=1S/C29H33N3O5/c1-32(27(33)16-17-28(34)36-2)19-6-5-18-30-20-22-12-14-23(15-13-22)21-37-29(35)31-26-11-7-9-24-8-3-4-10-25(24)26/h3-4,7-17,30H,5-6,18-21H2,1-2H3,(H,31,35)/b17-16+. The number of methoxy groups -OCH3 is 1. The number of nitrogens with zero attached hydrogens (tertiary/aromatic N) is 1. The van der Waals surface area contributed by atoms with Crippen molar-refractivity contribution in [2.75, 3.05) is 32.6 Å². The molecule has 0 aromatic heterocycles. The van der Waals surface area contributed by atoms with Gasteiger partial charge in [0.25, 0.3) is 0 Å². The molecule has 0 bridgehead atoms. The summed E-state index contributed by atoms with van der Waals surface area (Å²) >= 11 is 0. The normalized spacial score (nSPS) is 10.9. The van der Waals surface area contributed by atoms with E-state index in [4.69, 9.17) is 4.74 Å². The van der Waals surface area contributed by atoms with E-state index in [-0.39, 0.29) is 12.5 Å². The molecule has 0 aliphatic carbocycles. The third kappa shape index (κ3) is 9.09. The van der Waals surface area contributed by atoms with E-state index < -0.39 is 12.1 Å². The number of amides is 2. The Morgan fingerprint density at radius 1 is 0.892 bits per heavy atom. The lowest BCUT2D eigenvalue weighted by Crippen LogP contribution is -2.26. The van der Waals surface area contributed by atoms with Gasteiger partial charge in [0.15, 0.2) is 0 Å². The van der Waals surface area contributed by atoms with Gasteiger partial charge in [-0.3, -0.25) is 10.1 Å². The number of fused-ring (bicyclic) bond motifs is 1. The van der Waals surface area contributed by atoms with Crippen LogP contribution in [-0.2, 0) is 32.2 Å². The van der Waals surface area contributed by atoms with Crippen LogP contribution in [0.3, 0.4) is 0 Å². The Labute approximate surface area is 217 Å². The fourth-order valence-corrected chi connectivity index (χ4v) is 3.66. The van der Waals surface area contributed by atoms with Crippen LogP contribution >= 0.6 is 0 Å². The maximum atomic E-state index is 12.3. The topological polar surface area (TPSA) is 97.0 Å². The first-order valence-electron chi connectivity index (χ1n) is 12.2. The van der Waals surface area contributed by atoms with Crippen LogP contribution in [0.25, 0.3) is 10.8 Å². The van der Waals surface area contributed by atoms with E-state index in [0.717, 1.165) is 59.6 Å². The maximum Gasteiger partial charge on any atom is 0.411 e. The highest BCUT2D eigenvalue weighted by Gasteiger charge is 2.08.